The third-order valence-corrected chi connectivity index (χ3v) is 5.81. The van der Waals surface area contributed by atoms with Crippen LogP contribution in [0.3, 0.4) is 0 Å². The lowest BCUT2D eigenvalue weighted by molar-refractivity contribution is -0.116. The SMILES string of the molecule is CN(C)S(=O)(=O)c1cccc(NC(=O)Cn2cnc3ccc(F)cc3c2=O)c1. The van der Waals surface area contributed by atoms with Crippen LogP contribution in [0.2, 0.25) is 0 Å². The van der Waals surface area contributed by atoms with Gasteiger partial charge < -0.3 is 5.32 Å². The predicted octanol–water partition coefficient (Wildman–Crippen LogP) is 1.42. The highest BCUT2D eigenvalue weighted by molar-refractivity contribution is 7.89. The van der Waals surface area contributed by atoms with E-state index in [0.29, 0.717) is 5.52 Å². The number of hydrogen-bond acceptors (Lipinski definition) is 5. The number of hydrogen-bond donors (Lipinski definition) is 1. The third-order valence-electron chi connectivity index (χ3n) is 4.00. The Bertz CT molecular complexity index is 1220. The molecule has 1 aromatic heterocycles. The van der Waals surface area contributed by atoms with E-state index >= 15 is 0 Å². The molecule has 1 heterocycles. The van der Waals surface area contributed by atoms with Crippen molar-refractivity contribution >= 4 is 32.5 Å². The van der Waals surface area contributed by atoms with Crippen molar-refractivity contribution in [3.05, 3.63) is 65.0 Å². The molecule has 0 saturated heterocycles. The lowest BCUT2D eigenvalue weighted by atomic mass is 10.2. The first-order chi connectivity index (χ1) is 13.2. The fraction of sp³-hybridized carbons (Fsp3) is 0.167. The van der Waals surface area contributed by atoms with Gasteiger partial charge >= 0.3 is 0 Å². The number of aromatic nitrogens is 2. The Balaban J connectivity index is 1.83. The molecule has 28 heavy (non-hydrogen) atoms. The highest BCUT2D eigenvalue weighted by atomic mass is 32.2. The summed E-state index contributed by atoms with van der Waals surface area (Å²) >= 11 is 0. The summed E-state index contributed by atoms with van der Waals surface area (Å²) in [5, 5.41) is 2.61. The monoisotopic (exact) mass is 404 g/mol. The van der Waals surface area contributed by atoms with Crippen LogP contribution in [0.15, 0.2) is 58.5 Å². The highest BCUT2D eigenvalue weighted by Crippen LogP contribution is 2.18. The van der Waals surface area contributed by atoms with Crippen LogP contribution in [0.4, 0.5) is 10.1 Å². The molecule has 0 unspecified atom stereocenters. The second-order valence-corrected chi connectivity index (χ2v) is 8.35. The maximum absolute atomic E-state index is 13.4. The first-order valence-electron chi connectivity index (χ1n) is 8.15. The molecular formula is C18H17FN4O4S. The second-order valence-electron chi connectivity index (χ2n) is 6.20. The molecule has 3 rings (SSSR count). The van der Waals surface area contributed by atoms with Gasteiger partial charge in [-0.25, -0.2) is 22.1 Å². The normalized spacial score (nSPS) is 11.7. The lowest BCUT2D eigenvalue weighted by Gasteiger charge is -2.13. The van der Waals surface area contributed by atoms with Gasteiger partial charge in [-0.1, -0.05) is 6.07 Å². The number of carbonyl (C=O) groups is 1. The van der Waals surface area contributed by atoms with Crippen LogP contribution in [0.25, 0.3) is 10.9 Å². The Hall–Kier alpha value is -3.11. The van der Waals surface area contributed by atoms with Gasteiger partial charge in [0.15, 0.2) is 0 Å². The van der Waals surface area contributed by atoms with E-state index in [1.54, 1.807) is 0 Å². The fourth-order valence-corrected chi connectivity index (χ4v) is 3.49. The molecular weight excluding hydrogens is 387 g/mol. The van der Waals surface area contributed by atoms with E-state index in [4.69, 9.17) is 0 Å². The molecule has 0 atom stereocenters. The van der Waals surface area contributed by atoms with Crippen LogP contribution in [0, 0.1) is 5.82 Å². The van der Waals surface area contributed by atoms with Crippen LogP contribution in [0.5, 0.6) is 0 Å². The molecule has 1 N–H and O–H groups in total. The van der Waals surface area contributed by atoms with Crippen LogP contribution in [-0.2, 0) is 21.4 Å². The molecule has 3 aromatic rings. The summed E-state index contributed by atoms with van der Waals surface area (Å²) in [4.78, 5) is 28.8. The molecule has 0 bridgehead atoms. The van der Waals surface area contributed by atoms with Gasteiger partial charge in [0.25, 0.3) is 5.56 Å². The number of sulfonamides is 1. The average Bonchev–Trinajstić information content (AvgIpc) is 2.64. The first kappa shape index (κ1) is 19.6. The first-order valence-corrected chi connectivity index (χ1v) is 9.59. The summed E-state index contributed by atoms with van der Waals surface area (Å²) < 4.78 is 39.9. The van der Waals surface area contributed by atoms with Crippen LogP contribution >= 0.6 is 0 Å². The minimum absolute atomic E-state index is 0.0234. The second kappa shape index (κ2) is 7.49. The topological polar surface area (TPSA) is 101 Å². The molecule has 8 nitrogen and oxygen atoms in total. The number of carbonyl (C=O) groups excluding carboxylic acids is 1. The molecule has 146 valence electrons. The maximum atomic E-state index is 13.4. The Morgan fingerprint density at radius 2 is 1.96 bits per heavy atom. The molecule has 0 saturated carbocycles. The number of amides is 1. The quantitative estimate of drug-likeness (QED) is 0.693. The molecule has 0 spiro atoms. The van der Waals surface area contributed by atoms with Gasteiger partial charge in [0.05, 0.1) is 22.1 Å². The van der Waals surface area contributed by atoms with E-state index < -0.39 is 27.3 Å². The summed E-state index contributed by atoms with van der Waals surface area (Å²) in [6.07, 6.45) is 1.20. The van der Waals surface area contributed by atoms with E-state index in [1.165, 1.54) is 56.8 Å². The van der Waals surface area contributed by atoms with Crippen molar-refractivity contribution < 1.29 is 17.6 Å². The van der Waals surface area contributed by atoms with Crippen molar-refractivity contribution in [1.29, 1.82) is 0 Å². The lowest BCUT2D eigenvalue weighted by Crippen LogP contribution is -2.28. The van der Waals surface area contributed by atoms with Gasteiger partial charge in [0, 0.05) is 19.8 Å². The third kappa shape index (κ3) is 3.92. The van der Waals surface area contributed by atoms with E-state index in [1.807, 2.05) is 0 Å². The van der Waals surface area contributed by atoms with Crippen LogP contribution < -0.4 is 10.9 Å². The zero-order valence-electron chi connectivity index (χ0n) is 15.1. The van der Waals surface area contributed by atoms with Gasteiger partial charge in [-0.2, -0.15) is 0 Å². The number of nitrogens with zero attached hydrogens (tertiary/aromatic N) is 3. The molecule has 10 heteroatoms. The standard InChI is InChI=1S/C18H17FN4O4S/c1-22(2)28(26,27)14-5-3-4-13(9-14)21-17(24)10-23-11-20-16-7-6-12(19)8-15(16)18(23)25/h3-9,11H,10H2,1-2H3,(H,21,24). The molecule has 1 amide bonds. The van der Waals surface area contributed by atoms with Crippen molar-refractivity contribution in [2.24, 2.45) is 0 Å². The zero-order valence-corrected chi connectivity index (χ0v) is 15.9. The van der Waals surface area contributed by atoms with Crippen LogP contribution in [0.1, 0.15) is 0 Å². The molecule has 0 fully saturated rings. The van der Waals surface area contributed by atoms with E-state index in [2.05, 4.69) is 10.3 Å². The summed E-state index contributed by atoms with van der Waals surface area (Å²) in [7, 11) is -0.837. The Morgan fingerprint density at radius 1 is 1.21 bits per heavy atom. The predicted molar refractivity (Wildman–Crippen MR) is 102 cm³/mol. The zero-order chi connectivity index (χ0) is 20.5. The Labute approximate surface area is 160 Å². The van der Waals surface area contributed by atoms with Crippen molar-refractivity contribution in [2.75, 3.05) is 19.4 Å². The average molecular weight is 404 g/mol. The molecule has 0 aliphatic carbocycles. The van der Waals surface area contributed by atoms with Gasteiger partial charge in [0.1, 0.15) is 12.4 Å². The number of nitrogens with one attached hydrogen (secondary N) is 1. The summed E-state index contributed by atoms with van der Waals surface area (Å²) in [6, 6.07) is 9.41. The summed E-state index contributed by atoms with van der Waals surface area (Å²) in [5.74, 6) is -1.13. The molecule has 0 aliphatic rings. The van der Waals surface area contributed by atoms with Gasteiger partial charge in [-0.05, 0) is 36.4 Å². The van der Waals surface area contributed by atoms with Crippen molar-refractivity contribution in [2.45, 2.75) is 11.4 Å². The maximum Gasteiger partial charge on any atom is 0.261 e. The minimum atomic E-state index is -3.65. The fourth-order valence-electron chi connectivity index (χ4n) is 2.54. The summed E-state index contributed by atoms with van der Waals surface area (Å²) in [5.41, 5.74) is 0.0361. The van der Waals surface area contributed by atoms with E-state index in [-0.39, 0.29) is 22.5 Å². The van der Waals surface area contributed by atoms with Crippen LogP contribution in [-0.4, -0.2) is 42.3 Å². The van der Waals surface area contributed by atoms with Crippen molar-refractivity contribution in [1.82, 2.24) is 13.9 Å². The molecule has 0 aliphatic heterocycles. The van der Waals surface area contributed by atoms with Crippen molar-refractivity contribution in [3.63, 3.8) is 0 Å². The minimum Gasteiger partial charge on any atom is -0.324 e. The molecule has 2 aromatic carbocycles. The van der Waals surface area contributed by atoms with Gasteiger partial charge in [0.2, 0.25) is 15.9 Å². The van der Waals surface area contributed by atoms with Crippen molar-refractivity contribution in [3.8, 4) is 0 Å². The molecule has 0 radical (unpaired) electrons. The highest BCUT2D eigenvalue weighted by Gasteiger charge is 2.18. The Kier molecular flexibility index (Phi) is 5.25. The number of rotatable bonds is 5. The van der Waals surface area contributed by atoms with E-state index in [9.17, 15) is 22.4 Å². The number of fused-ring (bicyclic) bond motifs is 1. The van der Waals surface area contributed by atoms with E-state index in [0.717, 1.165) is 14.9 Å². The Morgan fingerprint density at radius 3 is 2.68 bits per heavy atom. The smallest absolute Gasteiger partial charge is 0.261 e. The number of anilines is 1. The van der Waals surface area contributed by atoms with Gasteiger partial charge in [-0.3, -0.25) is 14.2 Å². The number of halogens is 1. The number of benzene rings is 2. The largest absolute Gasteiger partial charge is 0.324 e. The van der Waals surface area contributed by atoms with Gasteiger partial charge in [-0.15, -0.1) is 0 Å². The summed E-state index contributed by atoms with van der Waals surface area (Å²) in [6.45, 7) is -0.358.